The average molecular weight is 192 g/mol. The molecule has 0 fully saturated rings. The highest BCUT2D eigenvalue weighted by Gasteiger charge is 2.12. The van der Waals surface area contributed by atoms with Crippen LogP contribution in [-0.2, 0) is 16.0 Å². The van der Waals surface area contributed by atoms with Crippen molar-refractivity contribution < 1.29 is 9.53 Å². The van der Waals surface area contributed by atoms with Gasteiger partial charge < -0.3 is 4.74 Å². The molecule has 0 N–H and O–H groups in total. The van der Waals surface area contributed by atoms with Gasteiger partial charge >= 0.3 is 0 Å². The molecule has 0 aliphatic carbocycles. The number of benzene rings is 1. The van der Waals surface area contributed by atoms with E-state index in [0.717, 1.165) is 11.1 Å². The van der Waals surface area contributed by atoms with E-state index < -0.39 is 0 Å². The van der Waals surface area contributed by atoms with Crippen LogP contribution in [-0.4, -0.2) is 19.0 Å². The molecule has 0 bridgehead atoms. The number of rotatable bonds is 4. The number of ketones is 1. The van der Waals surface area contributed by atoms with Crippen molar-refractivity contribution in [2.45, 2.75) is 26.4 Å². The van der Waals surface area contributed by atoms with E-state index in [0.29, 0.717) is 6.42 Å². The number of carbonyl (C=O) groups is 1. The molecule has 0 heterocycles. The topological polar surface area (TPSA) is 26.3 Å². The van der Waals surface area contributed by atoms with E-state index in [1.54, 1.807) is 14.0 Å². The number of aryl methyl sites for hydroxylation is 1. The minimum absolute atomic E-state index is 0.127. The molecule has 1 aromatic carbocycles. The molecule has 2 nitrogen and oxygen atoms in total. The van der Waals surface area contributed by atoms with E-state index in [9.17, 15) is 4.79 Å². The summed E-state index contributed by atoms with van der Waals surface area (Å²) in [7, 11) is 1.56. The van der Waals surface area contributed by atoms with Gasteiger partial charge in [-0.25, -0.2) is 0 Å². The quantitative estimate of drug-likeness (QED) is 0.730. The van der Waals surface area contributed by atoms with Gasteiger partial charge in [-0.3, -0.25) is 4.79 Å². The zero-order valence-corrected chi connectivity index (χ0v) is 8.91. The summed E-state index contributed by atoms with van der Waals surface area (Å²) in [6.07, 6.45) is 0.149. The highest BCUT2D eigenvalue weighted by atomic mass is 16.5. The summed E-state index contributed by atoms with van der Waals surface area (Å²) in [5.41, 5.74) is 2.24. The Kier molecular flexibility index (Phi) is 3.84. The first-order valence-electron chi connectivity index (χ1n) is 4.75. The van der Waals surface area contributed by atoms with Crippen LogP contribution in [0.1, 0.15) is 18.1 Å². The maximum absolute atomic E-state index is 11.6. The zero-order valence-electron chi connectivity index (χ0n) is 8.91. The first kappa shape index (κ1) is 10.9. The first-order valence-corrected chi connectivity index (χ1v) is 4.75. The van der Waals surface area contributed by atoms with Gasteiger partial charge in [-0.15, -0.1) is 0 Å². The number of ether oxygens (including phenoxy) is 1. The van der Waals surface area contributed by atoms with Gasteiger partial charge in [0.2, 0.25) is 0 Å². The first-order chi connectivity index (χ1) is 6.65. The summed E-state index contributed by atoms with van der Waals surface area (Å²) < 4.78 is 4.97. The lowest BCUT2D eigenvalue weighted by Crippen LogP contribution is -2.21. The van der Waals surface area contributed by atoms with Gasteiger partial charge in [-0.2, -0.15) is 0 Å². The van der Waals surface area contributed by atoms with Crippen molar-refractivity contribution in [2.24, 2.45) is 0 Å². The van der Waals surface area contributed by atoms with Crippen molar-refractivity contribution in [3.05, 3.63) is 35.4 Å². The molecule has 0 aromatic heterocycles. The van der Waals surface area contributed by atoms with Crippen molar-refractivity contribution >= 4 is 5.78 Å². The summed E-state index contributed by atoms with van der Waals surface area (Å²) in [5, 5.41) is 0. The Morgan fingerprint density at radius 1 is 1.43 bits per heavy atom. The van der Waals surface area contributed by atoms with Crippen LogP contribution < -0.4 is 0 Å². The summed E-state index contributed by atoms with van der Waals surface area (Å²) in [4.78, 5) is 11.6. The van der Waals surface area contributed by atoms with Crippen LogP contribution in [0.15, 0.2) is 24.3 Å². The summed E-state index contributed by atoms with van der Waals surface area (Å²) in [5.74, 6) is 0.127. The average Bonchev–Trinajstić information content (AvgIpc) is 2.20. The standard InChI is InChI=1S/C12H16O2/c1-9-6-4-5-7-11(9)8-12(13)10(2)14-3/h4-7,10H,8H2,1-3H3. The molecular formula is C12H16O2. The van der Waals surface area contributed by atoms with Gasteiger partial charge in [-0.05, 0) is 25.0 Å². The van der Waals surface area contributed by atoms with E-state index >= 15 is 0 Å². The fourth-order valence-corrected chi connectivity index (χ4v) is 1.27. The van der Waals surface area contributed by atoms with Gasteiger partial charge in [0.25, 0.3) is 0 Å². The third kappa shape index (κ3) is 2.67. The highest BCUT2D eigenvalue weighted by Crippen LogP contribution is 2.09. The molecule has 1 rings (SSSR count). The highest BCUT2D eigenvalue weighted by molar-refractivity contribution is 5.85. The molecule has 1 atom stereocenters. The number of hydrogen-bond donors (Lipinski definition) is 0. The third-order valence-electron chi connectivity index (χ3n) is 2.43. The Bertz CT molecular complexity index is 318. The van der Waals surface area contributed by atoms with Crippen LogP contribution in [0, 0.1) is 6.92 Å². The zero-order chi connectivity index (χ0) is 10.6. The molecule has 0 spiro atoms. The van der Waals surface area contributed by atoms with Crippen LogP contribution in [0.25, 0.3) is 0 Å². The van der Waals surface area contributed by atoms with Gasteiger partial charge in [0.05, 0.1) is 0 Å². The van der Waals surface area contributed by atoms with E-state index in [4.69, 9.17) is 4.74 Å². The Morgan fingerprint density at radius 3 is 2.64 bits per heavy atom. The molecule has 1 aromatic rings. The molecule has 0 aliphatic heterocycles. The predicted molar refractivity (Wildman–Crippen MR) is 56.4 cm³/mol. The predicted octanol–water partition coefficient (Wildman–Crippen LogP) is 2.14. The lowest BCUT2D eigenvalue weighted by Gasteiger charge is -2.09. The van der Waals surface area contributed by atoms with Crippen LogP contribution in [0.3, 0.4) is 0 Å². The number of carbonyl (C=O) groups excluding carboxylic acids is 1. The fourth-order valence-electron chi connectivity index (χ4n) is 1.27. The van der Waals surface area contributed by atoms with Crippen molar-refractivity contribution in [1.82, 2.24) is 0 Å². The van der Waals surface area contributed by atoms with Crippen LogP contribution in [0.4, 0.5) is 0 Å². The largest absolute Gasteiger partial charge is 0.374 e. The molecule has 1 unspecified atom stereocenters. The molecule has 0 amide bonds. The number of methoxy groups -OCH3 is 1. The van der Waals surface area contributed by atoms with Crippen molar-refractivity contribution in [1.29, 1.82) is 0 Å². The lowest BCUT2D eigenvalue weighted by atomic mass is 10.0. The van der Waals surface area contributed by atoms with Gasteiger partial charge in [0.1, 0.15) is 6.10 Å². The minimum Gasteiger partial charge on any atom is -0.374 e. The molecule has 14 heavy (non-hydrogen) atoms. The van der Waals surface area contributed by atoms with Crippen molar-refractivity contribution in [3.8, 4) is 0 Å². The minimum atomic E-state index is -0.311. The van der Waals surface area contributed by atoms with E-state index in [-0.39, 0.29) is 11.9 Å². The van der Waals surface area contributed by atoms with Gasteiger partial charge in [0.15, 0.2) is 5.78 Å². The Balaban J connectivity index is 2.70. The normalized spacial score (nSPS) is 12.5. The van der Waals surface area contributed by atoms with Crippen molar-refractivity contribution in [2.75, 3.05) is 7.11 Å². The summed E-state index contributed by atoms with van der Waals surface area (Å²) in [6, 6.07) is 7.92. The van der Waals surface area contributed by atoms with E-state index in [1.807, 2.05) is 31.2 Å². The van der Waals surface area contributed by atoms with E-state index in [1.165, 1.54) is 0 Å². The second-order valence-corrected chi connectivity index (χ2v) is 3.45. The Morgan fingerprint density at radius 2 is 2.07 bits per heavy atom. The number of hydrogen-bond acceptors (Lipinski definition) is 2. The molecule has 0 radical (unpaired) electrons. The second kappa shape index (κ2) is 4.91. The van der Waals surface area contributed by atoms with Gasteiger partial charge in [0, 0.05) is 13.5 Å². The van der Waals surface area contributed by atoms with Gasteiger partial charge in [-0.1, -0.05) is 24.3 Å². The van der Waals surface area contributed by atoms with E-state index in [2.05, 4.69) is 0 Å². The number of Topliss-reactive ketones (excluding diaryl/α,β-unsaturated/α-hetero) is 1. The van der Waals surface area contributed by atoms with Crippen LogP contribution >= 0.6 is 0 Å². The Labute approximate surface area is 84.9 Å². The molecule has 2 heteroatoms. The lowest BCUT2D eigenvalue weighted by molar-refractivity contribution is -0.127. The fraction of sp³-hybridized carbons (Fsp3) is 0.417. The monoisotopic (exact) mass is 192 g/mol. The molecule has 0 aliphatic rings. The van der Waals surface area contributed by atoms with Crippen LogP contribution in [0.2, 0.25) is 0 Å². The van der Waals surface area contributed by atoms with Crippen LogP contribution in [0.5, 0.6) is 0 Å². The summed E-state index contributed by atoms with van der Waals surface area (Å²) in [6.45, 7) is 3.79. The second-order valence-electron chi connectivity index (χ2n) is 3.45. The molecule has 0 saturated carbocycles. The molecule has 76 valence electrons. The maximum atomic E-state index is 11.6. The Hall–Kier alpha value is -1.15. The molecular weight excluding hydrogens is 176 g/mol. The third-order valence-corrected chi connectivity index (χ3v) is 2.43. The summed E-state index contributed by atoms with van der Waals surface area (Å²) >= 11 is 0. The molecule has 0 saturated heterocycles. The maximum Gasteiger partial charge on any atom is 0.165 e. The smallest absolute Gasteiger partial charge is 0.165 e. The SMILES string of the molecule is COC(C)C(=O)Cc1ccccc1C. The van der Waals surface area contributed by atoms with Crippen molar-refractivity contribution in [3.63, 3.8) is 0 Å².